The molecule has 0 saturated heterocycles. The van der Waals surface area contributed by atoms with Gasteiger partial charge in [-0.2, -0.15) is 0 Å². The number of carboxylic acid groups (broad SMARTS) is 1. The first kappa shape index (κ1) is 30.6. The first-order valence-corrected chi connectivity index (χ1v) is 12.4. The Bertz CT molecular complexity index is 338. The second kappa shape index (κ2) is 22.1. The summed E-state index contributed by atoms with van der Waals surface area (Å²) in [5.74, 6) is -0.752. The maximum Gasteiger partial charge on any atom is 0.359 e. The lowest BCUT2D eigenvalue weighted by molar-refractivity contribution is -0.862. The highest BCUT2D eigenvalue weighted by molar-refractivity contribution is 5.67. The molecule has 4 nitrogen and oxygen atoms in total. The highest BCUT2D eigenvalue weighted by atomic mass is 16.4. The van der Waals surface area contributed by atoms with Gasteiger partial charge in [-0.3, -0.25) is 0 Å². The van der Waals surface area contributed by atoms with Crippen molar-refractivity contribution >= 4 is 5.97 Å². The van der Waals surface area contributed by atoms with Crippen molar-refractivity contribution in [3.8, 4) is 0 Å². The molecule has 4 heteroatoms. The molecule has 0 radical (unpaired) electrons. The van der Waals surface area contributed by atoms with Crippen LogP contribution in [0.1, 0.15) is 110 Å². The van der Waals surface area contributed by atoms with Crippen molar-refractivity contribution in [3.63, 3.8) is 0 Å². The Morgan fingerprint density at radius 2 is 0.966 bits per heavy atom. The largest absolute Gasteiger partial charge is 0.477 e. The summed E-state index contributed by atoms with van der Waals surface area (Å²) < 4.78 is 0.481. The van der Waals surface area contributed by atoms with Crippen molar-refractivity contribution in [1.82, 2.24) is 4.90 Å². The molecule has 0 heterocycles. The smallest absolute Gasteiger partial charge is 0.359 e. The third-order valence-corrected chi connectivity index (χ3v) is 5.07. The van der Waals surface area contributed by atoms with Crippen LogP contribution in [0.4, 0.5) is 0 Å². The van der Waals surface area contributed by atoms with Crippen molar-refractivity contribution in [2.45, 2.75) is 110 Å². The third-order valence-electron chi connectivity index (χ3n) is 5.07. The van der Waals surface area contributed by atoms with Crippen LogP contribution in [0.2, 0.25) is 0 Å². The van der Waals surface area contributed by atoms with Crippen molar-refractivity contribution in [2.75, 3.05) is 48.3 Å². The number of quaternary nitrogens is 1. The van der Waals surface area contributed by atoms with Gasteiger partial charge in [-0.25, -0.2) is 4.79 Å². The molecule has 0 aromatic rings. The summed E-state index contributed by atoms with van der Waals surface area (Å²) in [6, 6.07) is 0. The van der Waals surface area contributed by atoms with Gasteiger partial charge in [-0.15, -0.1) is 0 Å². The van der Waals surface area contributed by atoms with E-state index in [0.29, 0.717) is 4.48 Å². The van der Waals surface area contributed by atoms with Gasteiger partial charge in [0, 0.05) is 0 Å². The Labute approximate surface area is 183 Å². The van der Waals surface area contributed by atoms with Crippen LogP contribution in [0.3, 0.4) is 0 Å². The van der Waals surface area contributed by atoms with Gasteiger partial charge in [0.25, 0.3) is 0 Å². The predicted molar refractivity (Wildman–Crippen MR) is 129 cm³/mol. The van der Waals surface area contributed by atoms with E-state index in [4.69, 9.17) is 5.11 Å². The standard InChI is InChI=1S/C20H43N.C5H11NO2/c1-4-5-6-7-8-9-10-11-12-13-14-15-16-17-18-19-20-21(2)3;1-6(2,3)4-5(7)8/h4-20H2,1-3H3;4H2,1-3H3/p+1. The monoisotopic (exact) mass is 415 g/mol. The highest BCUT2D eigenvalue weighted by Gasteiger charge is 2.11. The molecular weight excluding hydrogens is 360 g/mol. The van der Waals surface area contributed by atoms with E-state index in [2.05, 4.69) is 25.9 Å². The number of hydrogen-bond donors (Lipinski definition) is 1. The first-order chi connectivity index (χ1) is 13.7. The number of hydrogen-bond acceptors (Lipinski definition) is 2. The summed E-state index contributed by atoms with van der Waals surface area (Å²) in [5, 5.41) is 8.23. The number of carbonyl (C=O) groups is 1. The number of unbranched alkanes of at least 4 members (excludes halogenated alkanes) is 15. The molecule has 0 atom stereocenters. The van der Waals surface area contributed by atoms with E-state index >= 15 is 0 Å². The lowest BCUT2D eigenvalue weighted by Gasteiger charge is -2.20. The van der Waals surface area contributed by atoms with E-state index in [1.165, 1.54) is 109 Å². The van der Waals surface area contributed by atoms with Crippen LogP contribution >= 0.6 is 0 Å². The Kier molecular flexibility index (Phi) is 23.3. The summed E-state index contributed by atoms with van der Waals surface area (Å²) in [7, 11) is 9.87. The van der Waals surface area contributed by atoms with E-state index in [9.17, 15) is 4.79 Å². The first-order valence-electron chi connectivity index (χ1n) is 12.4. The van der Waals surface area contributed by atoms with Gasteiger partial charge >= 0.3 is 5.97 Å². The van der Waals surface area contributed by atoms with Crippen molar-refractivity contribution in [3.05, 3.63) is 0 Å². The molecule has 0 unspecified atom stereocenters. The fourth-order valence-corrected chi connectivity index (χ4v) is 3.38. The van der Waals surface area contributed by atoms with Crippen LogP contribution in [0.15, 0.2) is 0 Å². The Hall–Kier alpha value is -0.610. The summed E-state index contributed by atoms with van der Waals surface area (Å²) >= 11 is 0. The highest BCUT2D eigenvalue weighted by Crippen LogP contribution is 2.13. The molecule has 0 amide bonds. The minimum atomic E-state index is -0.752. The number of rotatable bonds is 19. The molecule has 0 saturated carbocycles. The zero-order chi connectivity index (χ0) is 22.4. The number of nitrogens with zero attached hydrogens (tertiary/aromatic N) is 2. The van der Waals surface area contributed by atoms with Gasteiger partial charge in [0.05, 0.1) is 21.1 Å². The lowest BCUT2D eigenvalue weighted by atomic mass is 10.0. The topological polar surface area (TPSA) is 40.5 Å². The van der Waals surface area contributed by atoms with Crippen LogP contribution in [0.25, 0.3) is 0 Å². The SMILES string of the molecule is CCCCCCCCCCCCCCCCCCN(C)C.C[N+](C)(C)CC(=O)O. The lowest BCUT2D eigenvalue weighted by Crippen LogP contribution is -2.39. The van der Waals surface area contributed by atoms with E-state index in [1.807, 2.05) is 21.1 Å². The molecule has 0 aliphatic rings. The average Bonchev–Trinajstić information content (AvgIpc) is 2.59. The summed E-state index contributed by atoms with van der Waals surface area (Å²) in [6.07, 6.45) is 23.3. The van der Waals surface area contributed by atoms with Crippen molar-refractivity contribution in [1.29, 1.82) is 0 Å². The maximum absolute atomic E-state index is 10.00. The Morgan fingerprint density at radius 1 is 0.655 bits per heavy atom. The van der Waals surface area contributed by atoms with Gasteiger partial charge < -0.3 is 14.5 Å². The number of carboxylic acids is 1. The van der Waals surface area contributed by atoms with Crippen LogP contribution in [-0.2, 0) is 4.79 Å². The van der Waals surface area contributed by atoms with Gasteiger partial charge in [0.2, 0.25) is 0 Å². The molecule has 0 spiro atoms. The van der Waals surface area contributed by atoms with E-state index in [0.717, 1.165) is 0 Å². The van der Waals surface area contributed by atoms with Crippen LogP contribution in [0.5, 0.6) is 0 Å². The summed E-state index contributed by atoms with van der Waals surface area (Å²) in [6.45, 7) is 3.74. The van der Waals surface area contributed by atoms with Gasteiger partial charge in [0.1, 0.15) is 0 Å². The molecule has 0 aromatic heterocycles. The molecule has 1 N–H and O–H groups in total. The molecule has 0 bridgehead atoms. The quantitative estimate of drug-likeness (QED) is 0.191. The Morgan fingerprint density at radius 3 is 1.17 bits per heavy atom. The molecule has 0 aliphatic carbocycles. The molecular formula is C25H55N2O2+. The van der Waals surface area contributed by atoms with Gasteiger partial charge in [-0.1, -0.05) is 103 Å². The minimum absolute atomic E-state index is 0.181. The zero-order valence-corrected chi connectivity index (χ0v) is 21.0. The fourth-order valence-electron chi connectivity index (χ4n) is 3.38. The molecule has 29 heavy (non-hydrogen) atoms. The Balaban J connectivity index is 0. The maximum atomic E-state index is 10.00. The summed E-state index contributed by atoms with van der Waals surface area (Å²) in [4.78, 5) is 12.3. The third kappa shape index (κ3) is 35.2. The second-order valence-electron chi connectivity index (χ2n) is 9.95. The number of likely N-dealkylation sites (N-methyl/N-ethyl adjacent to an activating group) is 1. The van der Waals surface area contributed by atoms with Crippen LogP contribution in [0, 0.1) is 0 Å². The minimum Gasteiger partial charge on any atom is -0.477 e. The van der Waals surface area contributed by atoms with E-state index < -0.39 is 5.97 Å². The number of aliphatic carboxylic acids is 1. The fraction of sp³-hybridized carbons (Fsp3) is 0.960. The molecule has 176 valence electrons. The van der Waals surface area contributed by atoms with Crippen LogP contribution in [-0.4, -0.2) is 68.8 Å². The van der Waals surface area contributed by atoms with Crippen LogP contribution < -0.4 is 0 Å². The zero-order valence-electron chi connectivity index (χ0n) is 21.0. The van der Waals surface area contributed by atoms with Crippen molar-refractivity contribution in [2.24, 2.45) is 0 Å². The second-order valence-corrected chi connectivity index (χ2v) is 9.95. The van der Waals surface area contributed by atoms with E-state index in [-0.39, 0.29) is 6.54 Å². The van der Waals surface area contributed by atoms with Gasteiger partial charge in [0.15, 0.2) is 6.54 Å². The average molecular weight is 416 g/mol. The van der Waals surface area contributed by atoms with Gasteiger partial charge in [-0.05, 0) is 27.1 Å². The summed E-state index contributed by atoms with van der Waals surface area (Å²) in [5.41, 5.74) is 0. The molecule has 0 aliphatic heterocycles. The molecule has 0 fully saturated rings. The van der Waals surface area contributed by atoms with Crippen molar-refractivity contribution < 1.29 is 14.4 Å². The molecule has 0 rings (SSSR count). The van der Waals surface area contributed by atoms with E-state index in [1.54, 1.807) is 0 Å². The normalized spacial score (nSPS) is 11.4. The molecule has 0 aromatic carbocycles. The predicted octanol–water partition coefficient (Wildman–Crippen LogP) is 6.59.